The number of halogens is 6. The van der Waals surface area contributed by atoms with Gasteiger partial charge in [-0.2, -0.15) is 0 Å². The summed E-state index contributed by atoms with van der Waals surface area (Å²) in [5.41, 5.74) is 0.613. The van der Waals surface area contributed by atoms with E-state index in [1.54, 1.807) is 18.2 Å². The molecular formula is C15H13Cl6N3O2. The molecule has 0 bridgehead atoms. The molecule has 1 aromatic carbocycles. The van der Waals surface area contributed by atoms with Crippen LogP contribution in [-0.4, -0.2) is 38.8 Å². The highest BCUT2D eigenvalue weighted by molar-refractivity contribution is 6.48. The molecule has 0 aliphatic heterocycles. The lowest BCUT2D eigenvalue weighted by molar-refractivity contribution is 0.355. The summed E-state index contributed by atoms with van der Waals surface area (Å²) in [5.74, 6) is 1.63. The first-order chi connectivity index (χ1) is 12.3. The monoisotopic (exact) mass is 477 g/mol. The van der Waals surface area contributed by atoms with E-state index in [9.17, 15) is 0 Å². The van der Waals surface area contributed by atoms with Gasteiger partial charge < -0.3 is 9.47 Å². The number of rotatable bonds is 7. The molecule has 0 spiro atoms. The van der Waals surface area contributed by atoms with Crippen molar-refractivity contribution in [3.05, 3.63) is 29.8 Å². The van der Waals surface area contributed by atoms with Gasteiger partial charge in [0.1, 0.15) is 20.4 Å². The summed E-state index contributed by atoms with van der Waals surface area (Å²) in [6.07, 6.45) is 0. The van der Waals surface area contributed by atoms with E-state index in [0.29, 0.717) is 17.1 Å². The second-order valence-electron chi connectivity index (χ2n) is 4.92. The zero-order valence-electron chi connectivity index (χ0n) is 13.5. The average Bonchev–Trinajstić information content (AvgIpc) is 2.65. The summed E-state index contributed by atoms with van der Waals surface area (Å²) in [7, 11) is 3.06. The van der Waals surface area contributed by atoms with Gasteiger partial charge in [-0.15, -0.1) is 69.6 Å². The molecule has 1 aromatic heterocycles. The Morgan fingerprint density at radius 1 is 0.731 bits per heavy atom. The van der Waals surface area contributed by atoms with E-state index in [2.05, 4.69) is 15.0 Å². The summed E-state index contributed by atoms with van der Waals surface area (Å²) in [6, 6.07) is 5.16. The molecule has 0 N–H and O–H groups in total. The Labute approximate surface area is 180 Å². The normalized spacial score (nSPS) is 13.8. The average molecular weight is 480 g/mol. The number of methoxy groups -OCH3 is 2. The molecule has 0 aliphatic carbocycles. The van der Waals surface area contributed by atoms with Gasteiger partial charge in [0.25, 0.3) is 0 Å². The van der Waals surface area contributed by atoms with E-state index in [-0.39, 0.29) is 17.5 Å². The largest absolute Gasteiger partial charge is 0.493 e. The van der Waals surface area contributed by atoms with Crippen molar-refractivity contribution in [3.63, 3.8) is 0 Å². The molecule has 5 nitrogen and oxygen atoms in total. The Bertz CT molecular complexity index is 730. The van der Waals surface area contributed by atoms with Gasteiger partial charge in [0.15, 0.2) is 29.0 Å². The van der Waals surface area contributed by atoms with Gasteiger partial charge >= 0.3 is 0 Å². The predicted molar refractivity (Wildman–Crippen MR) is 107 cm³/mol. The van der Waals surface area contributed by atoms with Gasteiger partial charge in [0, 0.05) is 5.56 Å². The van der Waals surface area contributed by atoms with Crippen LogP contribution in [0.1, 0.15) is 22.4 Å². The van der Waals surface area contributed by atoms with Crippen LogP contribution in [0.2, 0.25) is 0 Å². The number of alkyl halides is 6. The third kappa shape index (κ3) is 5.09. The maximum absolute atomic E-state index is 6.19. The summed E-state index contributed by atoms with van der Waals surface area (Å²) in [5, 5.41) is -1.76. The van der Waals surface area contributed by atoms with Crippen molar-refractivity contribution in [2.24, 2.45) is 0 Å². The van der Waals surface area contributed by atoms with Crippen LogP contribution in [0.15, 0.2) is 18.2 Å². The SMILES string of the molecule is COc1ccc(-c2nc(C(Cl)C(Cl)Cl)nc(C(Cl)C(Cl)Cl)n2)cc1OC. The van der Waals surface area contributed by atoms with Crippen LogP contribution in [0.5, 0.6) is 11.5 Å². The van der Waals surface area contributed by atoms with Gasteiger partial charge in [-0.25, -0.2) is 15.0 Å². The lowest BCUT2D eigenvalue weighted by Crippen LogP contribution is -2.14. The highest BCUT2D eigenvalue weighted by Gasteiger charge is 2.26. The Morgan fingerprint density at radius 3 is 1.65 bits per heavy atom. The first kappa shape index (κ1) is 21.9. The summed E-state index contributed by atoms with van der Waals surface area (Å²) in [6.45, 7) is 0. The molecule has 26 heavy (non-hydrogen) atoms. The molecule has 0 saturated carbocycles. The number of aromatic nitrogens is 3. The van der Waals surface area contributed by atoms with Crippen LogP contribution < -0.4 is 9.47 Å². The number of ether oxygens (including phenoxy) is 2. The highest BCUT2D eigenvalue weighted by Crippen LogP contribution is 2.35. The van der Waals surface area contributed by atoms with Gasteiger partial charge in [-0.1, -0.05) is 0 Å². The topological polar surface area (TPSA) is 57.1 Å². The predicted octanol–water partition coefficient (Wildman–Crippen LogP) is 5.72. The second kappa shape index (κ2) is 9.67. The summed E-state index contributed by atoms with van der Waals surface area (Å²) >= 11 is 35.8. The van der Waals surface area contributed by atoms with Gasteiger partial charge in [0.2, 0.25) is 0 Å². The Hall–Kier alpha value is -0.430. The molecular weight excluding hydrogens is 467 g/mol. The molecule has 2 aromatic rings. The summed E-state index contributed by atoms with van der Waals surface area (Å²) in [4.78, 5) is 11.0. The van der Waals surface area contributed by atoms with Crippen LogP contribution in [-0.2, 0) is 0 Å². The third-order valence-electron chi connectivity index (χ3n) is 3.25. The van der Waals surface area contributed by atoms with Gasteiger partial charge in [-0.3, -0.25) is 0 Å². The highest BCUT2D eigenvalue weighted by atomic mass is 35.5. The molecule has 0 aliphatic rings. The van der Waals surface area contributed by atoms with Crippen molar-refractivity contribution >= 4 is 69.6 Å². The Morgan fingerprint density at radius 2 is 1.23 bits per heavy atom. The first-order valence-corrected chi connectivity index (χ1v) is 9.73. The molecule has 1 heterocycles. The van der Waals surface area contributed by atoms with E-state index in [1.807, 2.05) is 0 Å². The second-order valence-corrected chi connectivity index (χ2v) is 8.19. The molecule has 0 fully saturated rings. The number of hydrogen-bond acceptors (Lipinski definition) is 5. The fraction of sp³-hybridized carbons (Fsp3) is 0.400. The van der Waals surface area contributed by atoms with Crippen LogP contribution in [0.25, 0.3) is 11.4 Å². The van der Waals surface area contributed by atoms with Crippen molar-refractivity contribution in [2.45, 2.75) is 20.4 Å². The van der Waals surface area contributed by atoms with Crippen LogP contribution in [0, 0.1) is 0 Å². The molecule has 11 heteroatoms. The first-order valence-electron chi connectivity index (χ1n) is 7.11. The zero-order valence-corrected chi connectivity index (χ0v) is 18.0. The summed E-state index contributed by atoms with van der Waals surface area (Å²) < 4.78 is 10.5. The number of hydrogen-bond donors (Lipinski definition) is 0. The minimum Gasteiger partial charge on any atom is -0.493 e. The smallest absolute Gasteiger partial charge is 0.163 e. The van der Waals surface area contributed by atoms with Gasteiger partial charge in [-0.05, 0) is 18.2 Å². The lowest BCUT2D eigenvalue weighted by atomic mass is 10.2. The van der Waals surface area contributed by atoms with Crippen LogP contribution >= 0.6 is 69.6 Å². The van der Waals surface area contributed by atoms with E-state index in [1.165, 1.54) is 14.2 Å². The van der Waals surface area contributed by atoms with E-state index >= 15 is 0 Å². The van der Waals surface area contributed by atoms with E-state index in [0.717, 1.165) is 0 Å². The van der Waals surface area contributed by atoms with Crippen molar-refractivity contribution in [1.29, 1.82) is 0 Å². The zero-order chi connectivity index (χ0) is 19.4. The molecule has 2 unspecified atom stereocenters. The maximum atomic E-state index is 6.19. The van der Waals surface area contributed by atoms with Crippen LogP contribution in [0.3, 0.4) is 0 Å². The Balaban J connectivity index is 2.60. The van der Waals surface area contributed by atoms with Gasteiger partial charge in [0.05, 0.1) is 14.2 Å². The van der Waals surface area contributed by atoms with Crippen molar-refractivity contribution < 1.29 is 9.47 Å². The van der Waals surface area contributed by atoms with Crippen molar-refractivity contribution in [1.82, 2.24) is 15.0 Å². The maximum Gasteiger partial charge on any atom is 0.163 e. The fourth-order valence-electron chi connectivity index (χ4n) is 1.99. The van der Waals surface area contributed by atoms with Crippen molar-refractivity contribution in [2.75, 3.05) is 14.2 Å². The van der Waals surface area contributed by atoms with Crippen LogP contribution in [0.4, 0.5) is 0 Å². The third-order valence-corrected chi connectivity index (χ3v) is 5.67. The molecule has 2 rings (SSSR count). The Kier molecular flexibility index (Phi) is 8.13. The van der Waals surface area contributed by atoms with Crippen molar-refractivity contribution in [3.8, 4) is 22.9 Å². The fourth-order valence-corrected chi connectivity index (χ4v) is 2.63. The molecule has 2 atom stereocenters. The molecule has 0 radical (unpaired) electrons. The number of benzene rings is 1. The molecule has 0 amide bonds. The quantitative estimate of drug-likeness (QED) is 0.475. The minimum absolute atomic E-state index is 0.149. The van der Waals surface area contributed by atoms with E-state index < -0.39 is 20.4 Å². The molecule has 142 valence electrons. The lowest BCUT2D eigenvalue weighted by Gasteiger charge is -2.15. The number of nitrogens with zero attached hydrogens (tertiary/aromatic N) is 3. The molecule has 0 saturated heterocycles. The standard InChI is InChI=1S/C15H13Cl6N3O2/c1-25-7-4-3-6(5-8(7)26-2)13-22-14(9(16)11(18)19)24-15(23-13)10(17)12(20)21/h3-5,9-12H,1-2H3. The minimum atomic E-state index is -0.943. The van der Waals surface area contributed by atoms with E-state index in [4.69, 9.17) is 79.1 Å².